The van der Waals surface area contributed by atoms with E-state index in [1.807, 2.05) is 0 Å². The lowest BCUT2D eigenvalue weighted by atomic mass is 10.2. The average Bonchev–Trinajstić information content (AvgIpc) is 1.78. The van der Waals surface area contributed by atoms with Gasteiger partial charge in [0.05, 0.1) is 11.5 Å². The zero-order chi connectivity index (χ0) is 6.91. The summed E-state index contributed by atoms with van der Waals surface area (Å²) in [5, 5.41) is 0. The molecule has 0 saturated carbocycles. The van der Waals surface area contributed by atoms with Gasteiger partial charge in [0, 0.05) is 0 Å². The van der Waals surface area contributed by atoms with Crippen LogP contribution in [0.25, 0.3) is 0 Å². The molecule has 9 heavy (non-hydrogen) atoms. The van der Waals surface area contributed by atoms with Crippen LogP contribution in [0.15, 0.2) is 12.2 Å². The van der Waals surface area contributed by atoms with Gasteiger partial charge in [0.2, 0.25) is 0 Å². The minimum Gasteiger partial charge on any atom is -0.229 e. The van der Waals surface area contributed by atoms with Crippen LogP contribution in [0, 0.1) is 0 Å². The quantitative estimate of drug-likeness (QED) is 0.473. The number of rotatable bonds is 0. The summed E-state index contributed by atoms with van der Waals surface area (Å²) in [5.41, 5.74) is 1.07. The highest BCUT2D eigenvalue weighted by atomic mass is 32.2. The first-order chi connectivity index (χ1) is 4.10. The molecule has 1 heterocycles. The fraction of sp³-hybridized carbons (Fsp3) is 0.667. The molecule has 0 radical (unpaired) electrons. The predicted molar refractivity (Wildman–Crippen MR) is 37.0 cm³/mol. The number of hydrogen-bond donors (Lipinski definition) is 0. The highest BCUT2D eigenvalue weighted by Gasteiger charge is 2.16. The second kappa shape index (κ2) is 2.14. The van der Waals surface area contributed by atoms with Crippen molar-refractivity contribution < 1.29 is 8.42 Å². The molecule has 1 aliphatic heterocycles. The van der Waals surface area contributed by atoms with Crippen LogP contribution in [0.1, 0.15) is 12.8 Å². The van der Waals surface area contributed by atoms with Crippen LogP contribution < -0.4 is 0 Å². The fourth-order valence-corrected chi connectivity index (χ4v) is 2.23. The Morgan fingerprint density at radius 3 is 2.00 bits per heavy atom. The Balaban J connectivity index is 2.65. The maximum absolute atomic E-state index is 10.8. The van der Waals surface area contributed by atoms with Crippen LogP contribution in [0.2, 0.25) is 0 Å². The molecule has 0 aliphatic carbocycles. The molecule has 0 amide bonds. The normalized spacial score (nSPS) is 26.0. The van der Waals surface area contributed by atoms with Crippen molar-refractivity contribution >= 4 is 9.84 Å². The Bertz CT molecular complexity index is 197. The van der Waals surface area contributed by atoms with Gasteiger partial charge in [0.1, 0.15) is 0 Å². The molecular formula is C6H10O2S. The molecule has 52 valence electrons. The smallest absolute Gasteiger partial charge is 0.150 e. The summed E-state index contributed by atoms with van der Waals surface area (Å²) in [4.78, 5) is 0. The lowest BCUT2D eigenvalue weighted by Crippen LogP contribution is -2.17. The predicted octanol–water partition coefficient (Wildman–Crippen LogP) is 0.751. The molecule has 1 rings (SSSR count). The Kier molecular flexibility index (Phi) is 1.62. The van der Waals surface area contributed by atoms with Crippen molar-refractivity contribution in [3.8, 4) is 0 Å². The highest BCUT2D eigenvalue weighted by molar-refractivity contribution is 7.91. The van der Waals surface area contributed by atoms with E-state index in [4.69, 9.17) is 0 Å². The van der Waals surface area contributed by atoms with Gasteiger partial charge in [0.15, 0.2) is 9.84 Å². The Labute approximate surface area is 55.5 Å². The monoisotopic (exact) mass is 146 g/mol. The SMILES string of the molecule is C=C1CCS(=O)(=O)CC1. The van der Waals surface area contributed by atoms with Gasteiger partial charge in [-0.15, -0.1) is 0 Å². The molecule has 3 heteroatoms. The second-order valence-corrected chi connectivity index (χ2v) is 4.71. The summed E-state index contributed by atoms with van der Waals surface area (Å²) < 4.78 is 21.5. The molecule has 0 aromatic rings. The van der Waals surface area contributed by atoms with Gasteiger partial charge in [-0.3, -0.25) is 0 Å². The van der Waals surface area contributed by atoms with Crippen molar-refractivity contribution in [3.05, 3.63) is 12.2 Å². The minimum atomic E-state index is -2.68. The maximum Gasteiger partial charge on any atom is 0.150 e. The van der Waals surface area contributed by atoms with Gasteiger partial charge in [0.25, 0.3) is 0 Å². The van der Waals surface area contributed by atoms with E-state index in [1.54, 1.807) is 0 Å². The maximum atomic E-state index is 10.8. The number of allylic oxidation sites excluding steroid dienone is 1. The van der Waals surface area contributed by atoms with Gasteiger partial charge in [-0.2, -0.15) is 0 Å². The summed E-state index contributed by atoms with van der Waals surface area (Å²) in [6, 6.07) is 0. The molecule has 0 atom stereocenters. The van der Waals surface area contributed by atoms with E-state index in [-0.39, 0.29) is 0 Å². The van der Waals surface area contributed by atoms with Crippen LogP contribution in [0.4, 0.5) is 0 Å². The summed E-state index contributed by atoms with van der Waals surface area (Å²) >= 11 is 0. The molecule has 1 aliphatic rings. The zero-order valence-corrected chi connectivity index (χ0v) is 6.08. The zero-order valence-electron chi connectivity index (χ0n) is 5.26. The molecule has 0 aromatic heterocycles. The third-order valence-electron chi connectivity index (χ3n) is 1.53. The Morgan fingerprint density at radius 2 is 1.67 bits per heavy atom. The Morgan fingerprint density at radius 1 is 1.22 bits per heavy atom. The van der Waals surface area contributed by atoms with Crippen LogP contribution in [-0.4, -0.2) is 19.9 Å². The minimum absolute atomic E-state index is 0.311. The molecule has 0 bridgehead atoms. The first-order valence-electron chi connectivity index (χ1n) is 2.97. The van der Waals surface area contributed by atoms with Crippen molar-refractivity contribution in [2.45, 2.75) is 12.8 Å². The van der Waals surface area contributed by atoms with E-state index in [0.29, 0.717) is 24.3 Å². The van der Waals surface area contributed by atoms with Crippen LogP contribution >= 0.6 is 0 Å². The van der Waals surface area contributed by atoms with Crippen molar-refractivity contribution in [1.82, 2.24) is 0 Å². The van der Waals surface area contributed by atoms with Crippen molar-refractivity contribution in [3.63, 3.8) is 0 Å². The van der Waals surface area contributed by atoms with Crippen molar-refractivity contribution in [1.29, 1.82) is 0 Å². The highest BCUT2D eigenvalue weighted by Crippen LogP contribution is 2.14. The van der Waals surface area contributed by atoms with Gasteiger partial charge in [-0.25, -0.2) is 8.42 Å². The van der Waals surface area contributed by atoms with E-state index in [9.17, 15) is 8.42 Å². The standard InChI is InChI=1S/C6H10O2S/c1-6-2-4-9(7,8)5-3-6/h1-5H2. The lowest BCUT2D eigenvalue weighted by molar-refractivity contribution is 0.589. The summed E-state index contributed by atoms with van der Waals surface area (Å²) in [5.74, 6) is 0.623. The molecule has 0 aromatic carbocycles. The second-order valence-electron chi connectivity index (χ2n) is 2.40. The van der Waals surface area contributed by atoms with Gasteiger partial charge < -0.3 is 0 Å². The molecule has 1 fully saturated rings. The molecule has 0 unspecified atom stereocenters. The van der Waals surface area contributed by atoms with E-state index in [2.05, 4.69) is 6.58 Å². The third kappa shape index (κ3) is 1.82. The molecule has 0 spiro atoms. The van der Waals surface area contributed by atoms with Gasteiger partial charge in [-0.05, 0) is 12.8 Å². The van der Waals surface area contributed by atoms with Gasteiger partial charge >= 0.3 is 0 Å². The van der Waals surface area contributed by atoms with Gasteiger partial charge in [-0.1, -0.05) is 12.2 Å². The largest absolute Gasteiger partial charge is 0.229 e. The van der Waals surface area contributed by atoms with Crippen LogP contribution in [0.3, 0.4) is 0 Å². The van der Waals surface area contributed by atoms with E-state index in [0.717, 1.165) is 5.57 Å². The van der Waals surface area contributed by atoms with E-state index in [1.165, 1.54) is 0 Å². The van der Waals surface area contributed by atoms with Crippen molar-refractivity contribution in [2.24, 2.45) is 0 Å². The Hall–Kier alpha value is -0.310. The van der Waals surface area contributed by atoms with Crippen LogP contribution in [0.5, 0.6) is 0 Å². The third-order valence-corrected chi connectivity index (χ3v) is 3.19. The lowest BCUT2D eigenvalue weighted by Gasteiger charge is -2.11. The fourth-order valence-electron chi connectivity index (χ4n) is 0.827. The number of sulfone groups is 1. The molecule has 2 nitrogen and oxygen atoms in total. The number of hydrogen-bond acceptors (Lipinski definition) is 2. The summed E-state index contributed by atoms with van der Waals surface area (Å²) in [6.45, 7) is 3.72. The molecule has 0 N–H and O–H groups in total. The average molecular weight is 146 g/mol. The summed E-state index contributed by atoms with van der Waals surface area (Å²) in [7, 11) is -2.68. The van der Waals surface area contributed by atoms with E-state index < -0.39 is 9.84 Å². The summed E-state index contributed by atoms with van der Waals surface area (Å²) in [6.07, 6.45) is 1.34. The first-order valence-corrected chi connectivity index (χ1v) is 4.79. The molecule has 1 saturated heterocycles. The first kappa shape index (κ1) is 6.81. The van der Waals surface area contributed by atoms with Crippen LogP contribution in [-0.2, 0) is 9.84 Å². The van der Waals surface area contributed by atoms with E-state index >= 15 is 0 Å². The van der Waals surface area contributed by atoms with Crippen molar-refractivity contribution in [2.75, 3.05) is 11.5 Å². The topological polar surface area (TPSA) is 34.1 Å². The molecular weight excluding hydrogens is 136 g/mol.